The van der Waals surface area contributed by atoms with Gasteiger partial charge >= 0.3 is 0 Å². The second kappa shape index (κ2) is 8.31. The van der Waals surface area contributed by atoms with Gasteiger partial charge in [0.1, 0.15) is 12.4 Å². The van der Waals surface area contributed by atoms with Gasteiger partial charge in [-0.25, -0.2) is 4.39 Å². The molecule has 0 atom stereocenters. The fraction of sp³-hybridized carbons (Fsp3) is 0.333. The molecule has 0 amide bonds. The highest BCUT2D eigenvalue weighted by Crippen LogP contribution is 2.37. The number of benzene rings is 2. The lowest BCUT2D eigenvalue weighted by Crippen LogP contribution is -2.21. The Morgan fingerprint density at radius 3 is 2.61 bits per heavy atom. The molecule has 0 heterocycles. The maximum atomic E-state index is 13.7. The number of hydrogen-bond donors (Lipinski definition) is 1. The maximum Gasteiger partial charge on any atom is 0.175 e. The minimum absolute atomic E-state index is 0.144. The van der Waals surface area contributed by atoms with Crippen molar-refractivity contribution < 1.29 is 13.9 Å². The van der Waals surface area contributed by atoms with Gasteiger partial charge in [-0.05, 0) is 39.7 Å². The second-order valence-corrected chi connectivity index (χ2v) is 6.38. The number of hydrogen-bond acceptors (Lipinski definition) is 3. The van der Waals surface area contributed by atoms with E-state index in [-0.39, 0.29) is 12.4 Å². The molecule has 0 spiro atoms. The van der Waals surface area contributed by atoms with E-state index in [0.717, 1.165) is 16.6 Å². The average Bonchev–Trinajstić information content (AvgIpc) is 2.52. The summed E-state index contributed by atoms with van der Waals surface area (Å²) in [6.07, 6.45) is 0. The summed E-state index contributed by atoms with van der Waals surface area (Å²) in [7, 11) is 1.59. The Kier molecular flexibility index (Phi) is 6.42. The van der Waals surface area contributed by atoms with Gasteiger partial charge in [0.2, 0.25) is 0 Å². The van der Waals surface area contributed by atoms with Crippen molar-refractivity contribution in [3.8, 4) is 11.5 Å². The van der Waals surface area contributed by atoms with E-state index < -0.39 is 0 Å². The van der Waals surface area contributed by atoms with E-state index in [1.54, 1.807) is 25.3 Å². The van der Waals surface area contributed by atoms with E-state index in [2.05, 4.69) is 35.1 Å². The zero-order valence-electron chi connectivity index (χ0n) is 13.5. The van der Waals surface area contributed by atoms with Crippen molar-refractivity contribution in [1.29, 1.82) is 0 Å². The highest BCUT2D eigenvalue weighted by molar-refractivity contribution is 9.10. The van der Waals surface area contributed by atoms with Crippen LogP contribution in [-0.4, -0.2) is 13.2 Å². The first-order chi connectivity index (χ1) is 11.0. The Bertz CT molecular complexity index is 661. The van der Waals surface area contributed by atoms with E-state index in [1.807, 2.05) is 12.1 Å². The van der Waals surface area contributed by atoms with Crippen LogP contribution in [0.3, 0.4) is 0 Å². The Hall–Kier alpha value is -1.59. The van der Waals surface area contributed by atoms with Gasteiger partial charge in [0.05, 0.1) is 11.6 Å². The standard InChI is InChI=1S/C18H21BrFNO2/c1-12(2)21-10-13-8-15(19)18(17(9-13)22-3)23-11-14-6-4-5-7-16(14)20/h4-9,12,21H,10-11H2,1-3H3. The number of nitrogens with one attached hydrogen (secondary N) is 1. The molecule has 0 aliphatic heterocycles. The van der Waals surface area contributed by atoms with Gasteiger partial charge in [-0.2, -0.15) is 0 Å². The third kappa shape index (κ3) is 4.94. The molecule has 0 unspecified atom stereocenters. The summed E-state index contributed by atoms with van der Waals surface area (Å²) in [6, 6.07) is 10.9. The number of halogens is 2. The summed E-state index contributed by atoms with van der Waals surface area (Å²) in [6.45, 7) is 5.07. The smallest absolute Gasteiger partial charge is 0.175 e. The molecule has 2 aromatic carbocycles. The van der Waals surface area contributed by atoms with Gasteiger partial charge in [-0.3, -0.25) is 0 Å². The first-order valence-corrected chi connectivity index (χ1v) is 8.26. The molecule has 0 saturated carbocycles. The van der Waals surface area contributed by atoms with Gasteiger partial charge in [0, 0.05) is 18.2 Å². The third-order valence-corrected chi connectivity index (χ3v) is 3.92. The minimum Gasteiger partial charge on any atom is -0.493 e. The van der Waals surface area contributed by atoms with Crippen molar-refractivity contribution in [3.63, 3.8) is 0 Å². The molecule has 0 fully saturated rings. The van der Waals surface area contributed by atoms with Crippen LogP contribution in [0.15, 0.2) is 40.9 Å². The van der Waals surface area contributed by atoms with Crippen LogP contribution >= 0.6 is 15.9 Å². The molecular formula is C18H21BrFNO2. The van der Waals surface area contributed by atoms with Crippen molar-refractivity contribution in [1.82, 2.24) is 5.32 Å². The maximum absolute atomic E-state index is 13.7. The predicted molar refractivity (Wildman–Crippen MR) is 93.4 cm³/mol. The molecule has 3 nitrogen and oxygen atoms in total. The first kappa shape index (κ1) is 17.8. The quantitative estimate of drug-likeness (QED) is 0.755. The molecule has 2 rings (SSSR count). The molecular weight excluding hydrogens is 361 g/mol. The van der Waals surface area contributed by atoms with E-state index >= 15 is 0 Å². The van der Waals surface area contributed by atoms with Crippen LogP contribution in [0, 0.1) is 5.82 Å². The Labute approximate surface area is 144 Å². The van der Waals surface area contributed by atoms with Crippen LogP contribution in [0.1, 0.15) is 25.0 Å². The molecule has 23 heavy (non-hydrogen) atoms. The van der Waals surface area contributed by atoms with Crippen LogP contribution < -0.4 is 14.8 Å². The molecule has 0 aromatic heterocycles. The van der Waals surface area contributed by atoms with Crippen LogP contribution in [0.25, 0.3) is 0 Å². The predicted octanol–water partition coefficient (Wildman–Crippen LogP) is 4.67. The van der Waals surface area contributed by atoms with Crippen molar-refractivity contribution >= 4 is 15.9 Å². The highest BCUT2D eigenvalue weighted by atomic mass is 79.9. The SMILES string of the molecule is COc1cc(CNC(C)C)cc(Br)c1OCc1ccccc1F. The van der Waals surface area contributed by atoms with Crippen LogP contribution in [0.2, 0.25) is 0 Å². The van der Waals surface area contributed by atoms with Gasteiger partial charge in [-0.1, -0.05) is 32.0 Å². The van der Waals surface area contributed by atoms with Crippen LogP contribution in [0.5, 0.6) is 11.5 Å². The summed E-state index contributed by atoms with van der Waals surface area (Å²) >= 11 is 3.51. The monoisotopic (exact) mass is 381 g/mol. The number of rotatable bonds is 7. The molecule has 0 aliphatic rings. The summed E-state index contributed by atoms with van der Waals surface area (Å²) in [5.41, 5.74) is 1.59. The number of methoxy groups -OCH3 is 1. The van der Waals surface area contributed by atoms with Crippen LogP contribution in [0.4, 0.5) is 4.39 Å². The van der Waals surface area contributed by atoms with Crippen LogP contribution in [-0.2, 0) is 13.2 Å². The number of ether oxygens (including phenoxy) is 2. The Balaban J connectivity index is 2.16. The summed E-state index contributed by atoms with van der Waals surface area (Å²) in [5.74, 6) is 0.917. The van der Waals surface area contributed by atoms with Crippen molar-refractivity contribution in [3.05, 3.63) is 57.8 Å². The lowest BCUT2D eigenvalue weighted by Gasteiger charge is -2.15. The Morgan fingerprint density at radius 2 is 1.96 bits per heavy atom. The minimum atomic E-state index is -0.277. The van der Waals surface area contributed by atoms with E-state index in [0.29, 0.717) is 23.1 Å². The fourth-order valence-electron chi connectivity index (χ4n) is 2.10. The molecule has 0 radical (unpaired) electrons. The Morgan fingerprint density at radius 1 is 1.22 bits per heavy atom. The van der Waals surface area contributed by atoms with Gasteiger partial charge < -0.3 is 14.8 Å². The second-order valence-electron chi connectivity index (χ2n) is 5.52. The van der Waals surface area contributed by atoms with Crippen molar-refractivity contribution in [2.24, 2.45) is 0 Å². The lowest BCUT2D eigenvalue weighted by atomic mass is 10.2. The zero-order chi connectivity index (χ0) is 16.8. The molecule has 124 valence electrons. The van der Waals surface area contributed by atoms with Crippen molar-refractivity contribution in [2.45, 2.75) is 33.0 Å². The van der Waals surface area contributed by atoms with E-state index in [1.165, 1.54) is 6.07 Å². The normalized spacial score (nSPS) is 10.9. The van der Waals surface area contributed by atoms with Crippen molar-refractivity contribution in [2.75, 3.05) is 7.11 Å². The van der Waals surface area contributed by atoms with E-state index in [9.17, 15) is 4.39 Å². The molecule has 2 aromatic rings. The fourth-order valence-corrected chi connectivity index (χ4v) is 2.71. The summed E-state index contributed by atoms with van der Waals surface area (Å²) in [5, 5.41) is 3.36. The van der Waals surface area contributed by atoms with Gasteiger partial charge in [-0.15, -0.1) is 0 Å². The first-order valence-electron chi connectivity index (χ1n) is 7.47. The molecule has 5 heteroatoms. The summed E-state index contributed by atoms with van der Waals surface area (Å²) < 4.78 is 25.7. The molecule has 0 saturated heterocycles. The van der Waals surface area contributed by atoms with Gasteiger partial charge in [0.15, 0.2) is 11.5 Å². The average molecular weight is 382 g/mol. The largest absolute Gasteiger partial charge is 0.493 e. The molecule has 1 N–H and O–H groups in total. The topological polar surface area (TPSA) is 30.5 Å². The highest BCUT2D eigenvalue weighted by Gasteiger charge is 2.13. The third-order valence-electron chi connectivity index (χ3n) is 3.33. The van der Waals surface area contributed by atoms with E-state index in [4.69, 9.17) is 9.47 Å². The lowest BCUT2D eigenvalue weighted by molar-refractivity contribution is 0.277. The molecule has 0 bridgehead atoms. The van der Waals surface area contributed by atoms with Gasteiger partial charge in [0.25, 0.3) is 0 Å². The summed E-state index contributed by atoms with van der Waals surface area (Å²) in [4.78, 5) is 0. The molecule has 0 aliphatic carbocycles. The zero-order valence-corrected chi connectivity index (χ0v) is 15.1.